The van der Waals surface area contributed by atoms with Gasteiger partial charge in [0.1, 0.15) is 0 Å². The van der Waals surface area contributed by atoms with Crippen molar-refractivity contribution >= 4 is 11.9 Å². The van der Waals surface area contributed by atoms with Crippen LogP contribution in [0.1, 0.15) is 104 Å². The Morgan fingerprint density at radius 2 is 1.19 bits per heavy atom. The van der Waals surface area contributed by atoms with Gasteiger partial charge >= 0.3 is 11.9 Å². The Bertz CT molecular complexity index is 356. The summed E-state index contributed by atoms with van der Waals surface area (Å²) < 4.78 is 4.54. The lowest BCUT2D eigenvalue weighted by molar-refractivity contribution is -0.169. The number of esters is 2. The highest BCUT2D eigenvalue weighted by atomic mass is 16.6. The number of ether oxygens (including phenoxy) is 1. The van der Waals surface area contributed by atoms with E-state index in [1.807, 2.05) is 0 Å². The number of unbranched alkanes of at least 4 members (excludes halogenated alkanes) is 12. The first-order valence-corrected chi connectivity index (χ1v) is 10.6. The zero-order chi connectivity index (χ0) is 19.6. The van der Waals surface area contributed by atoms with Crippen LogP contribution in [-0.2, 0) is 14.3 Å². The molecule has 0 aliphatic heterocycles. The highest BCUT2D eigenvalue weighted by molar-refractivity contribution is 5.88. The fourth-order valence-electron chi connectivity index (χ4n) is 2.93. The average molecular weight is 373 g/mol. The number of rotatable bonds is 17. The Kier molecular flexibility index (Phi) is 16.8. The minimum Gasteiger partial charge on any atom is -0.393 e. The number of aliphatic hydroxyl groups excluding tert-OH is 2. The summed E-state index contributed by atoms with van der Waals surface area (Å²) >= 11 is 0. The zero-order valence-electron chi connectivity index (χ0n) is 16.9. The minimum absolute atomic E-state index is 0.363. The largest absolute Gasteiger partial charge is 0.393 e. The molecule has 0 fully saturated rings. The van der Waals surface area contributed by atoms with Gasteiger partial charge in [-0.05, 0) is 6.42 Å². The smallest absolute Gasteiger partial charge is 0.345 e. The standard InChI is InChI=1S/C21H40O5/c1-3-4-5-6-7-8-9-10-11-12-13-14-15-16-18(2)20(24)26-21(25)19(23)17-22/h18-19,22-23H,3-17H2,1-2H3. The molecule has 0 radical (unpaired) electrons. The molecule has 0 saturated heterocycles. The Hall–Kier alpha value is -0.940. The van der Waals surface area contributed by atoms with Gasteiger partial charge in [0.2, 0.25) is 0 Å². The minimum atomic E-state index is -1.64. The van der Waals surface area contributed by atoms with Crippen molar-refractivity contribution in [3.05, 3.63) is 0 Å². The average Bonchev–Trinajstić information content (AvgIpc) is 2.64. The molecule has 154 valence electrons. The van der Waals surface area contributed by atoms with Crippen molar-refractivity contribution < 1.29 is 24.5 Å². The lowest BCUT2D eigenvalue weighted by Crippen LogP contribution is -2.30. The fraction of sp³-hybridized carbons (Fsp3) is 0.905. The summed E-state index contributed by atoms with van der Waals surface area (Å²) in [6, 6.07) is 0. The van der Waals surface area contributed by atoms with Crippen LogP contribution in [-0.4, -0.2) is 34.9 Å². The topological polar surface area (TPSA) is 83.8 Å². The molecule has 0 aromatic rings. The summed E-state index contributed by atoms with van der Waals surface area (Å²) in [6.45, 7) is 3.23. The molecule has 26 heavy (non-hydrogen) atoms. The molecule has 0 bridgehead atoms. The summed E-state index contributed by atoms with van der Waals surface area (Å²) in [6.07, 6.45) is 15.7. The highest BCUT2D eigenvalue weighted by Gasteiger charge is 2.22. The van der Waals surface area contributed by atoms with E-state index in [1.54, 1.807) is 6.92 Å². The fourth-order valence-corrected chi connectivity index (χ4v) is 2.93. The Balaban J connectivity index is 3.43. The van der Waals surface area contributed by atoms with Crippen molar-refractivity contribution in [2.45, 2.75) is 110 Å². The van der Waals surface area contributed by atoms with Crippen molar-refractivity contribution in [2.24, 2.45) is 5.92 Å². The van der Waals surface area contributed by atoms with Crippen LogP contribution in [0, 0.1) is 5.92 Å². The van der Waals surface area contributed by atoms with E-state index in [4.69, 9.17) is 10.2 Å². The summed E-state index contributed by atoms with van der Waals surface area (Å²) in [5, 5.41) is 17.7. The molecule has 2 N–H and O–H groups in total. The van der Waals surface area contributed by atoms with Gasteiger partial charge in [0.05, 0.1) is 12.5 Å². The van der Waals surface area contributed by atoms with Crippen molar-refractivity contribution in [1.82, 2.24) is 0 Å². The van der Waals surface area contributed by atoms with Crippen molar-refractivity contribution in [1.29, 1.82) is 0 Å². The number of carbonyl (C=O) groups is 2. The molecule has 2 atom stereocenters. The third-order valence-electron chi connectivity index (χ3n) is 4.79. The van der Waals surface area contributed by atoms with E-state index in [1.165, 1.54) is 70.6 Å². The monoisotopic (exact) mass is 372 g/mol. The molecule has 0 rings (SSSR count). The second kappa shape index (κ2) is 17.5. The number of hydrogen-bond acceptors (Lipinski definition) is 5. The lowest BCUT2D eigenvalue weighted by atomic mass is 10.0. The first-order valence-electron chi connectivity index (χ1n) is 10.6. The SMILES string of the molecule is CCCCCCCCCCCCCCCC(C)C(=O)OC(=O)C(O)CO. The number of aliphatic hydroxyl groups is 2. The van der Waals surface area contributed by atoms with Crippen LogP contribution in [0.3, 0.4) is 0 Å². The molecule has 0 aromatic heterocycles. The first-order chi connectivity index (χ1) is 12.5. The zero-order valence-corrected chi connectivity index (χ0v) is 16.9. The summed E-state index contributed by atoms with van der Waals surface area (Å²) in [7, 11) is 0. The van der Waals surface area contributed by atoms with Crippen molar-refractivity contribution in [3.8, 4) is 0 Å². The summed E-state index contributed by atoms with van der Waals surface area (Å²) in [5.41, 5.74) is 0. The van der Waals surface area contributed by atoms with E-state index in [0.29, 0.717) is 6.42 Å². The Morgan fingerprint density at radius 3 is 1.62 bits per heavy atom. The van der Waals surface area contributed by atoms with Crippen LogP contribution in [0.15, 0.2) is 0 Å². The van der Waals surface area contributed by atoms with Gasteiger partial charge < -0.3 is 14.9 Å². The van der Waals surface area contributed by atoms with E-state index >= 15 is 0 Å². The first kappa shape index (κ1) is 25.1. The van der Waals surface area contributed by atoms with Crippen molar-refractivity contribution in [3.63, 3.8) is 0 Å². The van der Waals surface area contributed by atoms with Crippen LogP contribution in [0.4, 0.5) is 0 Å². The van der Waals surface area contributed by atoms with Crippen LogP contribution < -0.4 is 0 Å². The number of carbonyl (C=O) groups excluding carboxylic acids is 2. The molecule has 0 amide bonds. The molecule has 2 unspecified atom stereocenters. The van der Waals surface area contributed by atoms with E-state index in [9.17, 15) is 9.59 Å². The quantitative estimate of drug-likeness (QED) is 0.223. The van der Waals surface area contributed by atoms with E-state index in [0.717, 1.165) is 12.8 Å². The van der Waals surface area contributed by atoms with Gasteiger partial charge in [-0.3, -0.25) is 4.79 Å². The predicted molar refractivity (Wildman–Crippen MR) is 104 cm³/mol. The molecular formula is C21H40O5. The van der Waals surface area contributed by atoms with Gasteiger partial charge in [0, 0.05) is 0 Å². The van der Waals surface area contributed by atoms with Gasteiger partial charge in [0.15, 0.2) is 6.10 Å². The van der Waals surface area contributed by atoms with Gasteiger partial charge in [-0.2, -0.15) is 0 Å². The normalized spacial score (nSPS) is 13.4. The third-order valence-corrected chi connectivity index (χ3v) is 4.79. The second-order valence-corrected chi connectivity index (χ2v) is 7.37. The molecular weight excluding hydrogens is 332 g/mol. The molecule has 0 spiro atoms. The maximum atomic E-state index is 11.7. The van der Waals surface area contributed by atoms with Crippen LogP contribution in [0.25, 0.3) is 0 Å². The molecule has 0 aromatic carbocycles. The summed E-state index contributed by atoms with van der Waals surface area (Å²) in [4.78, 5) is 22.9. The third kappa shape index (κ3) is 14.3. The maximum Gasteiger partial charge on any atom is 0.345 e. The van der Waals surface area contributed by atoms with Crippen molar-refractivity contribution in [2.75, 3.05) is 6.61 Å². The predicted octanol–water partition coefficient (Wildman–Crippen LogP) is 4.53. The van der Waals surface area contributed by atoms with E-state index < -0.39 is 24.6 Å². The van der Waals surface area contributed by atoms with Gasteiger partial charge in [0.25, 0.3) is 0 Å². The Labute approximate surface area is 159 Å². The lowest BCUT2D eigenvalue weighted by Gasteiger charge is -2.11. The highest BCUT2D eigenvalue weighted by Crippen LogP contribution is 2.15. The maximum absolute atomic E-state index is 11.7. The van der Waals surface area contributed by atoms with Gasteiger partial charge in [-0.15, -0.1) is 0 Å². The molecule has 0 saturated carbocycles. The Morgan fingerprint density at radius 1 is 0.769 bits per heavy atom. The van der Waals surface area contributed by atoms with Crippen LogP contribution >= 0.6 is 0 Å². The van der Waals surface area contributed by atoms with Crippen LogP contribution in [0.5, 0.6) is 0 Å². The number of hydrogen-bond donors (Lipinski definition) is 2. The van der Waals surface area contributed by atoms with E-state index in [2.05, 4.69) is 11.7 Å². The van der Waals surface area contributed by atoms with Gasteiger partial charge in [-0.1, -0.05) is 97.3 Å². The molecule has 0 heterocycles. The second-order valence-electron chi connectivity index (χ2n) is 7.37. The van der Waals surface area contributed by atoms with E-state index in [-0.39, 0.29) is 5.92 Å². The summed E-state index contributed by atoms with van der Waals surface area (Å²) in [5.74, 6) is -2.06. The molecule has 0 aliphatic carbocycles. The molecule has 5 nitrogen and oxygen atoms in total. The van der Waals surface area contributed by atoms with Gasteiger partial charge in [-0.25, -0.2) is 4.79 Å². The van der Waals surface area contributed by atoms with Crippen LogP contribution in [0.2, 0.25) is 0 Å². The molecule has 0 aliphatic rings. The molecule has 5 heteroatoms.